The van der Waals surface area contributed by atoms with Crippen LogP contribution in [-0.4, -0.2) is 15.5 Å². The number of hydrogen-bond acceptors (Lipinski definition) is 4. The van der Waals surface area contributed by atoms with Crippen LogP contribution in [0.15, 0.2) is 47.4 Å². The Morgan fingerprint density at radius 2 is 1.70 bits per heavy atom. The van der Waals surface area contributed by atoms with Crippen LogP contribution in [0.2, 0.25) is 0 Å². The molecule has 0 aromatic heterocycles. The number of benzene rings is 2. The van der Waals surface area contributed by atoms with Crippen LogP contribution in [0.5, 0.6) is 11.5 Å². The van der Waals surface area contributed by atoms with E-state index in [1.54, 1.807) is 37.4 Å². The molecule has 0 heterocycles. The Hall–Kier alpha value is -1.28. The van der Waals surface area contributed by atoms with Gasteiger partial charge in [-0.25, -0.2) is 0 Å². The third kappa shape index (κ3) is 3.43. The second-order valence-corrected chi connectivity index (χ2v) is 6.86. The maximum Gasteiger partial charge on any atom is 0.339 e. The van der Waals surface area contributed by atoms with Crippen molar-refractivity contribution in [3.63, 3.8) is 0 Å². The SMILES string of the molecule is COc1ccc(OS(=O)(=O)c2ccc(C)cc2)cc1I. The Labute approximate surface area is 132 Å². The van der Waals surface area contributed by atoms with Crippen LogP contribution in [0.4, 0.5) is 0 Å². The minimum Gasteiger partial charge on any atom is -0.496 e. The van der Waals surface area contributed by atoms with Gasteiger partial charge in [0.25, 0.3) is 0 Å². The summed E-state index contributed by atoms with van der Waals surface area (Å²) in [6, 6.07) is 11.4. The molecule has 6 heteroatoms. The number of aryl methyl sites for hydroxylation is 1. The minimum atomic E-state index is -3.81. The number of ether oxygens (including phenoxy) is 1. The van der Waals surface area contributed by atoms with E-state index in [1.165, 1.54) is 12.1 Å². The second-order valence-electron chi connectivity index (χ2n) is 4.15. The van der Waals surface area contributed by atoms with Crippen LogP contribution in [-0.2, 0) is 10.1 Å². The van der Waals surface area contributed by atoms with Crippen LogP contribution in [0.25, 0.3) is 0 Å². The van der Waals surface area contributed by atoms with E-state index < -0.39 is 10.1 Å². The van der Waals surface area contributed by atoms with Crippen LogP contribution in [0, 0.1) is 10.5 Å². The number of hydrogen-bond donors (Lipinski definition) is 0. The fraction of sp³-hybridized carbons (Fsp3) is 0.143. The predicted molar refractivity (Wildman–Crippen MR) is 84.7 cm³/mol. The molecule has 2 aromatic rings. The zero-order valence-electron chi connectivity index (χ0n) is 11.0. The first-order chi connectivity index (χ1) is 9.42. The van der Waals surface area contributed by atoms with Gasteiger partial charge in [0.2, 0.25) is 0 Å². The second kappa shape index (κ2) is 6.01. The molecule has 0 bridgehead atoms. The summed E-state index contributed by atoms with van der Waals surface area (Å²) in [7, 11) is -2.25. The first kappa shape index (κ1) is 15.1. The highest BCUT2D eigenvalue weighted by atomic mass is 127. The number of rotatable bonds is 4. The van der Waals surface area contributed by atoms with Crippen molar-refractivity contribution < 1.29 is 17.3 Å². The average molecular weight is 404 g/mol. The molecule has 4 nitrogen and oxygen atoms in total. The normalized spacial score (nSPS) is 11.2. The predicted octanol–water partition coefficient (Wildman–Crippen LogP) is 3.38. The average Bonchev–Trinajstić information content (AvgIpc) is 2.39. The van der Waals surface area contributed by atoms with E-state index in [-0.39, 0.29) is 10.6 Å². The van der Waals surface area contributed by atoms with Gasteiger partial charge in [-0.2, -0.15) is 8.42 Å². The Bertz CT molecular complexity index is 708. The third-order valence-corrected chi connectivity index (χ3v) is 4.74. The lowest BCUT2D eigenvalue weighted by Crippen LogP contribution is -2.09. The van der Waals surface area contributed by atoms with Crippen molar-refractivity contribution >= 4 is 32.7 Å². The molecule has 0 amide bonds. The Morgan fingerprint density at radius 1 is 1.05 bits per heavy atom. The van der Waals surface area contributed by atoms with Crippen molar-refractivity contribution in [1.82, 2.24) is 0 Å². The summed E-state index contributed by atoms with van der Waals surface area (Å²) in [5, 5.41) is 0. The van der Waals surface area contributed by atoms with Gasteiger partial charge in [-0.3, -0.25) is 0 Å². The van der Waals surface area contributed by atoms with E-state index in [2.05, 4.69) is 22.6 Å². The molecule has 0 unspecified atom stereocenters. The molecule has 2 rings (SSSR count). The van der Waals surface area contributed by atoms with E-state index in [4.69, 9.17) is 8.92 Å². The van der Waals surface area contributed by atoms with Gasteiger partial charge in [-0.1, -0.05) is 17.7 Å². The van der Waals surface area contributed by atoms with Gasteiger partial charge in [-0.15, -0.1) is 0 Å². The summed E-state index contributed by atoms with van der Waals surface area (Å²) in [6.07, 6.45) is 0. The first-order valence-electron chi connectivity index (χ1n) is 5.77. The van der Waals surface area contributed by atoms with Crippen molar-refractivity contribution in [2.45, 2.75) is 11.8 Å². The molecule has 0 atom stereocenters. The molecule has 0 N–H and O–H groups in total. The zero-order valence-corrected chi connectivity index (χ0v) is 13.9. The van der Waals surface area contributed by atoms with Crippen LogP contribution >= 0.6 is 22.6 Å². The van der Waals surface area contributed by atoms with Gasteiger partial charge < -0.3 is 8.92 Å². The first-order valence-corrected chi connectivity index (χ1v) is 8.26. The highest BCUT2D eigenvalue weighted by Gasteiger charge is 2.17. The molecule has 2 aromatic carbocycles. The van der Waals surface area contributed by atoms with Gasteiger partial charge >= 0.3 is 10.1 Å². The van der Waals surface area contributed by atoms with Crippen LogP contribution < -0.4 is 8.92 Å². The van der Waals surface area contributed by atoms with E-state index in [0.29, 0.717) is 5.75 Å². The number of halogens is 1. The highest BCUT2D eigenvalue weighted by Crippen LogP contribution is 2.27. The van der Waals surface area contributed by atoms with E-state index in [0.717, 1.165) is 9.13 Å². The lowest BCUT2D eigenvalue weighted by atomic mass is 10.2. The molecule has 20 heavy (non-hydrogen) atoms. The summed E-state index contributed by atoms with van der Waals surface area (Å²) in [4.78, 5) is 0.133. The van der Waals surface area contributed by atoms with Crippen molar-refractivity contribution in [1.29, 1.82) is 0 Å². The molecular formula is C14H13IO4S. The lowest BCUT2D eigenvalue weighted by Gasteiger charge is -2.09. The molecule has 0 fully saturated rings. The zero-order chi connectivity index (χ0) is 14.8. The summed E-state index contributed by atoms with van der Waals surface area (Å²) in [6.45, 7) is 1.89. The van der Waals surface area contributed by atoms with Gasteiger partial charge in [0.1, 0.15) is 16.4 Å². The lowest BCUT2D eigenvalue weighted by molar-refractivity contribution is 0.410. The van der Waals surface area contributed by atoms with Gasteiger partial charge in [0.15, 0.2) is 0 Å². The largest absolute Gasteiger partial charge is 0.496 e. The maximum atomic E-state index is 12.1. The van der Waals surface area contributed by atoms with E-state index in [9.17, 15) is 8.42 Å². The molecule has 0 spiro atoms. The molecular weight excluding hydrogens is 391 g/mol. The molecule has 0 saturated heterocycles. The Balaban J connectivity index is 2.28. The number of methoxy groups -OCH3 is 1. The molecule has 0 radical (unpaired) electrons. The maximum absolute atomic E-state index is 12.1. The summed E-state index contributed by atoms with van der Waals surface area (Å²) in [5.74, 6) is 0.932. The summed E-state index contributed by atoms with van der Waals surface area (Å²) in [5.41, 5.74) is 0.989. The monoisotopic (exact) mass is 404 g/mol. The standard InChI is InChI=1S/C14H13IO4S/c1-10-3-6-12(7-4-10)20(16,17)19-11-5-8-14(18-2)13(15)9-11/h3-9H,1-2H3. The summed E-state index contributed by atoms with van der Waals surface area (Å²) < 4.78 is 35.3. The summed E-state index contributed by atoms with van der Waals surface area (Å²) >= 11 is 2.06. The van der Waals surface area contributed by atoms with Crippen molar-refractivity contribution in [2.24, 2.45) is 0 Å². The smallest absolute Gasteiger partial charge is 0.339 e. The molecule has 0 aliphatic carbocycles. The molecule has 0 saturated carbocycles. The third-order valence-electron chi connectivity index (χ3n) is 2.64. The quantitative estimate of drug-likeness (QED) is 0.579. The van der Waals surface area contributed by atoms with Crippen molar-refractivity contribution in [3.05, 3.63) is 51.6 Å². The Kier molecular flexibility index (Phi) is 4.54. The van der Waals surface area contributed by atoms with Crippen molar-refractivity contribution in [3.8, 4) is 11.5 Å². The van der Waals surface area contributed by atoms with E-state index in [1.807, 2.05) is 6.92 Å². The molecule has 0 aliphatic heterocycles. The fourth-order valence-corrected chi connectivity index (χ4v) is 3.21. The minimum absolute atomic E-state index is 0.133. The van der Waals surface area contributed by atoms with Gasteiger partial charge in [0, 0.05) is 0 Å². The Morgan fingerprint density at radius 3 is 2.25 bits per heavy atom. The van der Waals surface area contributed by atoms with Crippen LogP contribution in [0.3, 0.4) is 0 Å². The molecule has 106 valence electrons. The molecule has 0 aliphatic rings. The fourth-order valence-electron chi connectivity index (χ4n) is 1.58. The van der Waals surface area contributed by atoms with Crippen molar-refractivity contribution in [2.75, 3.05) is 7.11 Å². The van der Waals surface area contributed by atoms with E-state index >= 15 is 0 Å². The van der Waals surface area contributed by atoms with Crippen LogP contribution in [0.1, 0.15) is 5.56 Å². The highest BCUT2D eigenvalue weighted by molar-refractivity contribution is 14.1. The topological polar surface area (TPSA) is 52.6 Å². The van der Waals surface area contributed by atoms with Gasteiger partial charge in [-0.05, 0) is 59.8 Å². The van der Waals surface area contributed by atoms with Gasteiger partial charge in [0.05, 0.1) is 10.7 Å².